The predicted octanol–water partition coefficient (Wildman–Crippen LogP) is 0.506. The van der Waals surface area contributed by atoms with Crippen molar-refractivity contribution in [2.75, 3.05) is 12.3 Å². The molecule has 3 N–H and O–H groups in total. The van der Waals surface area contributed by atoms with Crippen LogP contribution in [0.5, 0.6) is 0 Å². The standard InChI is InChI=1S/C13H22N2O5S/c16-12(17)9-3-1-4-10(7-9)15-13(18)14-8-11-5-2-6-21(11,19)20/h9-11H,1-8H2,(H,16,17)(H2,14,15,18). The molecule has 2 rings (SSSR count). The van der Waals surface area contributed by atoms with Gasteiger partial charge in [0.25, 0.3) is 0 Å². The maximum Gasteiger partial charge on any atom is 0.315 e. The van der Waals surface area contributed by atoms with Crippen LogP contribution in [0.3, 0.4) is 0 Å². The largest absolute Gasteiger partial charge is 0.481 e. The molecule has 2 aliphatic rings. The number of carbonyl (C=O) groups is 2. The van der Waals surface area contributed by atoms with Crippen molar-refractivity contribution in [3.8, 4) is 0 Å². The Kier molecular flexibility index (Phi) is 5.08. The van der Waals surface area contributed by atoms with Gasteiger partial charge >= 0.3 is 12.0 Å². The Bertz CT molecular complexity index is 505. The Balaban J connectivity index is 1.75. The second-order valence-corrected chi connectivity index (χ2v) is 8.28. The minimum Gasteiger partial charge on any atom is -0.481 e. The summed E-state index contributed by atoms with van der Waals surface area (Å²) in [6.07, 6.45) is 3.87. The lowest BCUT2D eigenvalue weighted by Gasteiger charge is -2.27. The van der Waals surface area contributed by atoms with Crippen molar-refractivity contribution in [3.63, 3.8) is 0 Å². The number of carboxylic acid groups (broad SMARTS) is 1. The van der Waals surface area contributed by atoms with Crippen LogP contribution >= 0.6 is 0 Å². The molecular formula is C13H22N2O5S. The molecule has 1 saturated heterocycles. The van der Waals surface area contributed by atoms with Crippen LogP contribution in [0.15, 0.2) is 0 Å². The molecule has 2 amide bonds. The summed E-state index contributed by atoms with van der Waals surface area (Å²) < 4.78 is 23.3. The Morgan fingerprint density at radius 2 is 1.90 bits per heavy atom. The molecule has 8 heteroatoms. The van der Waals surface area contributed by atoms with E-state index in [-0.39, 0.29) is 18.3 Å². The van der Waals surface area contributed by atoms with E-state index >= 15 is 0 Å². The highest BCUT2D eigenvalue weighted by atomic mass is 32.2. The molecule has 0 aromatic carbocycles. The maximum absolute atomic E-state index is 11.8. The highest BCUT2D eigenvalue weighted by molar-refractivity contribution is 7.92. The van der Waals surface area contributed by atoms with Crippen molar-refractivity contribution >= 4 is 21.8 Å². The number of amides is 2. The second kappa shape index (κ2) is 6.64. The van der Waals surface area contributed by atoms with E-state index in [1.54, 1.807) is 0 Å². The highest BCUT2D eigenvalue weighted by Crippen LogP contribution is 2.24. The first kappa shape index (κ1) is 16.1. The summed E-state index contributed by atoms with van der Waals surface area (Å²) in [5.41, 5.74) is 0. The number of urea groups is 1. The summed E-state index contributed by atoms with van der Waals surface area (Å²) in [4.78, 5) is 22.8. The van der Waals surface area contributed by atoms with E-state index < -0.39 is 33.0 Å². The highest BCUT2D eigenvalue weighted by Gasteiger charge is 2.32. The van der Waals surface area contributed by atoms with Crippen LogP contribution in [0, 0.1) is 5.92 Å². The smallest absolute Gasteiger partial charge is 0.315 e. The Hall–Kier alpha value is -1.31. The second-order valence-electron chi connectivity index (χ2n) is 5.88. The molecule has 1 heterocycles. The molecule has 7 nitrogen and oxygen atoms in total. The van der Waals surface area contributed by atoms with Crippen molar-refractivity contribution in [2.24, 2.45) is 5.92 Å². The molecule has 21 heavy (non-hydrogen) atoms. The number of hydrogen-bond acceptors (Lipinski definition) is 4. The summed E-state index contributed by atoms with van der Waals surface area (Å²) in [7, 11) is -3.06. The van der Waals surface area contributed by atoms with Crippen LogP contribution in [0.25, 0.3) is 0 Å². The van der Waals surface area contributed by atoms with Crippen molar-refractivity contribution in [1.82, 2.24) is 10.6 Å². The molecule has 0 radical (unpaired) electrons. The average Bonchev–Trinajstić information content (AvgIpc) is 2.75. The number of aliphatic carboxylic acids is 1. The van der Waals surface area contributed by atoms with Crippen molar-refractivity contribution in [2.45, 2.75) is 49.8 Å². The van der Waals surface area contributed by atoms with Crippen molar-refractivity contribution in [3.05, 3.63) is 0 Å². The van der Waals surface area contributed by atoms with Gasteiger partial charge in [-0.25, -0.2) is 13.2 Å². The topological polar surface area (TPSA) is 113 Å². The molecule has 1 aliphatic heterocycles. The molecule has 0 aromatic rings. The van der Waals surface area contributed by atoms with Gasteiger partial charge in [0.1, 0.15) is 0 Å². The summed E-state index contributed by atoms with van der Waals surface area (Å²) in [5, 5.41) is 13.9. The van der Waals surface area contributed by atoms with Crippen LogP contribution in [0.2, 0.25) is 0 Å². The minimum atomic E-state index is -3.06. The Labute approximate surface area is 124 Å². The summed E-state index contributed by atoms with van der Waals surface area (Å²) in [6, 6.07) is -0.562. The van der Waals surface area contributed by atoms with Gasteiger partial charge in [-0.3, -0.25) is 4.79 Å². The third-order valence-corrected chi connectivity index (χ3v) is 6.59. The molecule has 2 fully saturated rings. The molecule has 120 valence electrons. The number of carbonyl (C=O) groups excluding carboxylic acids is 1. The molecular weight excluding hydrogens is 296 g/mol. The Morgan fingerprint density at radius 1 is 1.14 bits per heavy atom. The lowest BCUT2D eigenvalue weighted by molar-refractivity contribution is -0.143. The van der Waals surface area contributed by atoms with Crippen LogP contribution < -0.4 is 10.6 Å². The summed E-state index contributed by atoms with van der Waals surface area (Å²) in [5.74, 6) is -1.03. The zero-order valence-corrected chi connectivity index (χ0v) is 12.7. The van der Waals surface area contributed by atoms with Crippen LogP contribution in [0.1, 0.15) is 38.5 Å². The van der Waals surface area contributed by atoms with E-state index in [0.717, 1.165) is 12.8 Å². The fourth-order valence-electron chi connectivity index (χ4n) is 3.08. The van der Waals surface area contributed by atoms with Gasteiger partial charge in [0.2, 0.25) is 0 Å². The SMILES string of the molecule is O=C(NCC1CCCS1(=O)=O)NC1CCCC(C(=O)O)C1. The van der Waals surface area contributed by atoms with E-state index in [9.17, 15) is 18.0 Å². The number of rotatable bonds is 4. The average molecular weight is 318 g/mol. The monoisotopic (exact) mass is 318 g/mol. The molecule has 0 bridgehead atoms. The lowest BCUT2D eigenvalue weighted by atomic mass is 9.86. The van der Waals surface area contributed by atoms with Gasteiger partial charge < -0.3 is 15.7 Å². The predicted molar refractivity (Wildman–Crippen MR) is 76.7 cm³/mol. The fourth-order valence-corrected chi connectivity index (χ4v) is 4.84. The van der Waals surface area contributed by atoms with E-state index in [1.165, 1.54) is 0 Å². The number of sulfone groups is 1. The fraction of sp³-hybridized carbons (Fsp3) is 0.846. The number of nitrogens with one attached hydrogen (secondary N) is 2. The summed E-state index contributed by atoms with van der Waals surface area (Å²) >= 11 is 0. The molecule has 3 atom stereocenters. The maximum atomic E-state index is 11.8. The molecule has 1 saturated carbocycles. The van der Waals surface area contributed by atoms with Crippen molar-refractivity contribution in [1.29, 1.82) is 0 Å². The van der Waals surface area contributed by atoms with Gasteiger partial charge in [0.15, 0.2) is 9.84 Å². The van der Waals surface area contributed by atoms with Gasteiger partial charge in [0, 0.05) is 12.6 Å². The zero-order valence-electron chi connectivity index (χ0n) is 11.9. The lowest BCUT2D eigenvalue weighted by Crippen LogP contribution is -2.47. The van der Waals surface area contributed by atoms with E-state index in [0.29, 0.717) is 25.7 Å². The van der Waals surface area contributed by atoms with E-state index in [2.05, 4.69) is 10.6 Å². The summed E-state index contributed by atoms with van der Waals surface area (Å²) in [6.45, 7) is 0.128. The third kappa shape index (κ3) is 4.33. The normalized spacial score (nSPS) is 31.5. The van der Waals surface area contributed by atoms with Crippen LogP contribution in [-0.2, 0) is 14.6 Å². The number of carboxylic acids is 1. The molecule has 1 aliphatic carbocycles. The van der Waals surface area contributed by atoms with Gasteiger partial charge in [-0.05, 0) is 32.1 Å². The van der Waals surface area contributed by atoms with Gasteiger partial charge in [-0.1, -0.05) is 6.42 Å². The van der Waals surface area contributed by atoms with Gasteiger partial charge in [0.05, 0.1) is 16.9 Å². The first-order chi connectivity index (χ1) is 9.88. The van der Waals surface area contributed by atoms with Crippen LogP contribution in [-0.4, -0.2) is 49.1 Å². The van der Waals surface area contributed by atoms with E-state index in [1.807, 2.05) is 0 Å². The van der Waals surface area contributed by atoms with Crippen molar-refractivity contribution < 1.29 is 23.1 Å². The third-order valence-electron chi connectivity index (χ3n) is 4.31. The van der Waals surface area contributed by atoms with E-state index in [4.69, 9.17) is 5.11 Å². The first-order valence-corrected chi connectivity index (χ1v) is 9.09. The van der Waals surface area contributed by atoms with Gasteiger partial charge in [-0.2, -0.15) is 0 Å². The first-order valence-electron chi connectivity index (χ1n) is 7.37. The molecule has 0 aromatic heterocycles. The molecule has 0 spiro atoms. The molecule has 3 unspecified atom stereocenters. The minimum absolute atomic E-state index is 0.128. The zero-order chi connectivity index (χ0) is 15.5. The van der Waals surface area contributed by atoms with Crippen LogP contribution in [0.4, 0.5) is 4.79 Å². The van der Waals surface area contributed by atoms with Gasteiger partial charge in [-0.15, -0.1) is 0 Å². The number of hydrogen-bond donors (Lipinski definition) is 3. The quantitative estimate of drug-likeness (QED) is 0.699. The Morgan fingerprint density at radius 3 is 2.52 bits per heavy atom.